The molecule has 2 aromatic rings. The van der Waals surface area contributed by atoms with Crippen LogP contribution in [0.15, 0.2) is 28.3 Å². The second kappa shape index (κ2) is 7.94. The Balaban J connectivity index is 1.72. The molecule has 1 aliphatic carbocycles. The summed E-state index contributed by atoms with van der Waals surface area (Å²) in [7, 11) is 0. The number of thioether (sulfide) groups is 1. The second-order valence-corrected chi connectivity index (χ2v) is 7.58. The molecule has 2 N–H and O–H groups in total. The van der Waals surface area contributed by atoms with Crippen LogP contribution in [0, 0.1) is 0 Å². The van der Waals surface area contributed by atoms with Gasteiger partial charge in [-0.3, -0.25) is 14.2 Å². The fraction of sp³-hybridized carbons (Fsp3) is 0.529. The Labute approximate surface area is 155 Å². The number of aromatic nitrogens is 4. The molecule has 0 bridgehead atoms. The van der Waals surface area contributed by atoms with Crippen molar-refractivity contribution in [2.75, 3.05) is 11.1 Å². The molecule has 0 aliphatic heterocycles. The number of rotatable bonds is 6. The van der Waals surface area contributed by atoms with Crippen LogP contribution >= 0.6 is 11.8 Å². The highest BCUT2D eigenvalue weighted by atomic mass is 32.2. The molecular weight excluding hydrogens is 354 g/mol. The van der Waals surface area contributed by atoms with Crippen molar-refractivity contribution in [3.05, 3.63) is 28.7 Å². The van der Waals surface area contributed by atoms with Crippen molar-refractivity contribution in [1.29, 1.82) is 0 Å². The Morgan fingerprint density at radius 1 is 1.42 bits per heavy atom. The van der Waals surface area contributed by atoms with Crippen molar-refractivity contribution in [2.24, 2.45) is 0 Å². The van der Waals surface area contributed by atoms with E-state index in [1.807, 2.05) is 13.8 Å². The molecule has 9 heteroatoms. The Hall–Kier alpha value is -2.29. The van der Waals surface area contributed by atoms with E-state index in [1.54, 1.807) is 21.5 Å². The van der Waals surface area contributed by atoms with E-state index < -0.39 is 0 Å². The Kier molecular flexibility index (Phi) is 5.65. The highest BCUT2D eigenvalue weighted by Crippen LogP contribution is 2.31. The first-order valence-corrected chi connectivity index (χ1v) is 9.73. The molecule has 26 heavy (non-hydrogen) atoms. The maximum Gasteiger partial charge on any atom is 0.258 e. The summed E-state index contributed by atoms with van der Waals surface area (Å²) < 4.78 is 3.34. The van der Waals surface area contributed by atoms with Crippen molar-refractivity contribution in [2.45, 2.75) is 56.8 Å². The average molecular weight is 377 g/mol. The number of aromatic hydroxyl groups is 1. The summed E-state index contributed by atoms with van der Waals surface area (Å²) in [5.74, 6) is 0.187. The maximum absolute atomic E-state index is 12.3. The van der Waals surface area contributed by atoms with Crippen LogP contribution in [-0.4, -0.2) is 36.1 Å². The lowest BCUT2D eigenvalue weighted by Gasteiger charge is -2.17. The molecule has 1 saturated carbocycles. The van der Waals surface area contributed by atoms with Crippen LogP contribution in [0.1, 0.15) is 51.6 Å². The zero-order valence-electron chi connectivity index (χ0n) is 14.9. The molecule has 8 nitrogen and oxygen atoms in total. The van der Waals surface area contributed by atoms with Crippen LogP contribution in [0.5, 0.6) is 5.88 Å². The number of nitrogens with one attached hydrogen (secondary N) is 1. The van der Waals surface area contributed by atoms with E-state index in [9.17, 15) is 14.7 Å². The summed E-state index contributed by atoms with van der Waals surface area (Å²) in [5.41, 5.74) is -0.273. The number of nitrogens with zero attached hydrogens (tertiary/aromatic N) is 4. The van der Waals surface area contributed by atoms with E-state index >= 15 is 0 Å². The molecule has 0 spiro atoms. The molecular formula is C17H23N5O3S. The van der Waals surface area contributed by atoms with E-state index in [1.165, 1.54) is 0 Å². The first-order chi connectivity index (χ1) is 12.5. The van der Waals surface area contributed by atoms with Gasteiger partial charge in [0.25, 0.3) is 5.56 Å². The van der Waals surface area contributed by atoms with Crippen LogP contribution in [0.25, 0.3) is 0 Å². The van der Waals surface area contributed by atoms with Crippen molar-refractivity contribution < 1.29 is 9.90 Å². The van der Waals surface area contributed by atoms with Gasteiger partial charge in [-0.15, -0.1) is 0 Å². The van der Waals surface area contributed by atoms with E-state index in [4.69, 9.17) is 0 Å². The minimum Gasteiger partial charge on any atom is -0.493 e. The highest BCUT2D eigenvalue weighted by Gasteiger charge is 2.22. The third-order valence-corrected chi connectivity index (χ3v) is 5.31. The zero-order valence-corrected chi connectivity index (χ0v) is 15.7. The lowest BCUT2D eigenvalue weighted by atomic mass is 10.2. The molecule has 0 saturated heterocycles. The Bertz CT molecular complexity index is 839. The van der Waals surface area contributed by atoms with E-state index in [-0.39, 0.29) is 35.2 Å². The molecule has 140 valence electrons. The van der Waals surface area contributed by atoms with Crippen LogP contribution in [0.4, 0.5) is 5.82 Å². The van der Waals surface area contributed by atoms with E-state index in [2.05, 4.69) is 15.4 Å². The van der Waals surface area contributed by atoms with Gasteiger partial charge in [0.05, 0.1) is 18.0 Å². The fourth-order valence-electron chi connectivity index (χ4n) is 3.19. The predicted molar refractivity (Wildman–Crippen MR) is 99.6 cm³/mol. The van der Waals surface area contributed by atoms with Gasteiger partial charge in [-0.1, -0.05) is 24.6 Å². The normalized spacial score (nSPS) is 14.9. The van der Waals surface area contributed by atoms with Gasteiger partial charge in [-0.05, 0) is 26.7 Å². The van der Waals surface area contributed by atoms with E-state index in [0.717, 1.165) is 43.5 Å². The van der Waals surface area contributed by atoms with Gasteiger partial charge in [0, 0.05) is 18.2 Å². The number of hydrogen-bond donors (Lipinski definition) is 2. The zero-order chi connectivity index (χ0) is 18.7. The van der Waals surface area contributed by atoms with E-state index in [0.29, 0.717) is 11.0 Å². The lowest BCUT2D eigenvalue weighted by molar-refractivity contribution is -0.113. The van der Waals surface area contributed by atoms with Gasteiger partial charge in [0.2, 0.25) is 11.8 Å². The summed E-state index contributed by atoms with van der Waals surface area (Å²) >= 11 is 1.16. The minimum absolute atomic E-state index is 0.0866. The second-order valence-electron chi connectivity index (χ2n) is 6.64. The van der Waals surface area contributed by atoms with Crippen LogP contribution in [0.3, 0.4) is 0 Å². The van der Waals surface area contributed by atoms with Gasteiger partial charge >= 0.3 is 0 Å². The number of amides is 1. The van der Waals surface area contributed by atoms with Crippen LogP contribution < -0.4 is 10.9 Å². The Morgan fingerprint density at radius 2 is 2.15 bits per heavy atom. The molecule has 2 heterocycles. The molecule has 3 rings (SSSR count). The summed E-state index contributed by atoms with van der Waals surface area (Å²) in [6, 6.07) is 3.09. The number of carbonyl (C=O) groups excluding carboxylic acids is 1. The minimum atomic E-state index is -0.315. The SMILES string of the molecule is CC(C)n1nccc1NC(=O)CSc1nc(O)cc(=O)n1C1CCCC1. The molecule has 0 atom stereocenters. The Morgan fingerprint density at radius 3 is 2.85 bits per heavy atom. The van der Waals surface area contributed by atoms with Gasteiger partial charge in [0.1, 0.15) is 5.82 Å². The summed E-state index contributed by atoms with van der Waals surface area (Å²) in [4.78, 5) is 28.7. The standard InChI is InChI=1S/C17H23N5O3S/c1-11(2)22-13(7-8-18-22)19-15(24)10-26-17-20-14(23)9-16(25)21(17)12-5-3-4-6-12/h7-9,11-12,23H,3-6,10H2,1-2H3,(H,19,24). The number of anilines is 1. The lowest BCUT2D eigenvalue weighted by Crippen LogP contribution is -2.26. The molecule has 1 amide bonds. The van der Waals surface area contributed by atoms with Crippen molar-refractivity contribution in [3.63, 3.8) is 0 Å². The third-order valence-electron chi connectivity index (χ3n) is 4.36. The topological polar surface area (TPSA) is 102 Å². The number of hydrogen-bond acceptors (Lipinski definition) is 6. The molecule has 0 radical (unpaired) electrons. The predicted octanol–water partition coefficient (Wildman–Crippen LogP) is 2.57. The average Bonchev–Trinajstić information content (AvgIpc) is 3.24. The van der Waals surface area contributed by atoms with Crippen LogP contribution in [0.2, 0.25) is 0 Å². The summed E-state index contributed by atoms with van der Waals surface area (Å²) in [6.07, 6.45) is 5.61. The van der Waals surface area contributed by atoms with Gasteiger partial charge in [-0.25, -0.2) is 4.68 Å². The molecule has 2 aromatic heterocycles. The molecule has 0 unspecified atom stereocenters. The molecule has 0 aromatic carbocycles. The monoisotopic (exact) mass is 377 g/mol. The third kappa shape index (κ3) is 4.09. The van der Waals surface area contributed by atoms with Crippen molar-refractivity contribution in [1.82, 2.24) is 19.3 Å². The quantitative estimate of drug-likeness (QED) is 0.592. The maximum atomic E-state index is 12.3. The van der Waals surface area contributed by atoms with Crippen LogP contribution in [-0.2, 0) is 4.79 Å². The highest BCUT2D eigenvalue weighted by molar-refractivity contribution is 7.99. The molecule has 1 aliphatic rings. The van der Waals surface area contributed by atoms with Gasteiger partial charge in [-0.2, -0.15) is 10.1 Å². The van der Waals surface area contributed by atoms with Crippen molar-refractivity contribution >= 4 is 23.5 Å². The smallest absolute Gasteiger partial charge is 0.258 e. The fourth-order valence-corrected chi connectivity index (χ4v) is 4.06. The number of carbonyl (C=O) groups is 1. The molecule has 1 fully saturated rings. The van der Waals surface area contributed by atoms with Gasteiger partial charge in [0.15, 0.2) is 5.16 Å². The largest absolute Gasteiger partial charge is 0.493 e. The first kappa shape index (κ1) is 18.5. The summed E-state index contributed by atoms with van der Waals surface area (Å²) in [5, 5.41) is 17.1. The first-order valence-electron chi connectivity index (χ1n) is 8.74. The van der Waals surface area contributed by atoms with Gasteiger partial charge < -0.3 is 10.4 Å². The van der Waals surface area contributed by atoms with Crippen molar-refractivity contribution in [3.8, 4) is 5.88 Å². The summed E-state index contributed by atoms with van der Waals surface area (Å²) in [6.45, 7) is 3.96.